The summed E-state index contributed by atoms with van der Waals surface area (Å²) in [6.45, 7) is 4.42. The predicted molar refractivity (Wildman–Crippen MR) is 140 cm³/mol. The molecule has 0 aliphatic carbocycles. The molecule has 0 atom stereocenters. The Kier molecular flexibility index (Phi) is 8.73. The number of pyridine rings is 1. The maximum absolute atomic E-state index is 13.2. The van der Waals surface area contributed by atoms with E-state index in [0.29, 0.717) is 46.5 Å². The number of hydrogen-bond donors (Lipinski definition) is 2. The Balaban J connectivity index is 0.00000342. The van der Waals surface area contributed by atoms with Crippen LogP contribution >= 0.6 is 11.6 Å². The second kappa shape index (κ2) is 11.7. The zero-order chi connectivity index (χ0) is 24.1. The van der Waals surface area contributed by atoms with Gasteiger partial charge in [0.15, 0.2) is 5.78 Å². The lowest BCUT2D eigenvalue weighted by Crippen LogP contribution is -2.36. The lowest BCUT2D eigenvalue weighted by molar-refractivity contribution is 0.0992. The SMILES string of the molecule is C.CC(=N)c1ccc(C(=O)Cc2ccc(N3CCOCC3)cc2C(=O)Nc2ccc(Cl)cn2)cc1. The summed E-state index contributed by atoms with van der Waals surface area (Å²) in [5, 5.41) is 11.0. The number of nitrogens with zero attached hydrogens (tertiary/aromatic N) is 2. The number of morpholine rings is 1. The lowest BCUT2D eigenvalue weighted by atomic mass is 9.96. The highest BCUT2D eigenvalue weighted by molar-refractivity contribution is 6.30. The summed E-state index contributed by atoms with van der Waals surface area (Å²) in [5.74, 6) is -0.0736. The first kappa shape index (κ1) is 26.1. The second-order valence-corrected chi connectivity index (χ2v) is 8.50. The number of ketones is 1. The molecule has 1 aliphatic rings. The van der Waals surface area contributed by atoms with Crippen molar-refractivity contribution in [1.82, 2.24) is 4.98 Å². The van der Waals surface area contributed by atoms with Crippen LogP contribution in [0.25, 0.3) is 0 Å². The molecule has 1 amide bonds. The van der Waals surface area contributed by atoms with Crippen LogP contribution in [0.2, 0.25) is 5.02 Å². The molecule has 1 aromatic heterocycles. The number of rotatable bonds is 7. The number of anilines is 2. The average Bonchev–Trinajstić information content (AvgIpc) is 2.86. The van der Waals surface area contributed by atoms with E-state index in [2.05, 4.69) is 15.2 Å². The second-order valence-electron chi connectivity index (χ2n) is 8.06. The molecular formula is C27H29ClN4O3. The van der Waals surface area contributed by atoms with E-state index in [0.717, 1.165) is 24.3 Å². The van der Waals surface area contributed by atoms with Crippen molar-refractivity contribution in [3.8, 4) is 0 Å². The molecule has 0 radical (unpaired) electrons. The van der Waals surface area contributed by atoms with Gasteiger partial charge >= 0.3 is 0 Å². The molecule has 1 saturated heterocycles. The molecule has 8 heteroatoms. The number of ether oxygens (including phenoxy) is 1. The number of halogens is 1. The van der Waals surface area contributed by atoms with Gasteiger partial charge in [0.25, 0.3) is 5.91 Å². The van der Waals surface area contributed by atoms with Gasteiger partial charge in [0.1, 0.15) is 5.82 Å². The summed E-state index contributed by atoms with van der Waals surface area (Å²) in [7, 11) is 0. The molecule has 7 nitrogen and oxygen atoms in total. The smallest absolute Gasteiger partial charge is 0.257 e. The highest BCUT2D eigenvalue weighted by atomic mass is 35.5. The van der Waals surface area contributed by atoms with E-state index in [4.69, 9.17) is 21.7 Å². The van der Waals surface area contributed by atoms with E-state index in [9.17, 15) is 9.59 Å². The molecule has 1 aliphatic heterocycles. The molecule has 35 heavy (non-hydrogen) atoms. The van der Waals surface area contributed by atoms with Gasteiger partial charge in [0.05, 0.1) is 18.2 Å². The van der Waals surface area contributed by atoms with Gasteiger partial charge in [-0.05, 0) is 42.3 Å². The molecular weight excluding hydrogens is 464 g/mol. The molecule has 0 spiro atoms. The van der Waals surface area contributed by atoms with Crippen molar-refractivity contribution < 1.29 is 14.3 Å². The van der Waals surface area contributed by atoms with Gasteiger partial charge in [0.2, 0.25) is 0 Å². The van der Waals surface area contributed by atoms with Crippen molar-refractivity contribution in [2.45, 2.75) is 20.8 Å². The maximum atomic E-state index is 13.2. The van der Waals surface area contributed by atoms with Crippen LogP contribution in [-0.4, -0.2) is 48.7 Å². The molecule has 3 aromatic rings. The van der Waals surface area contributed by atoms with Crippen molar-refractivity contribution in [3.05, 3.63) is 88.1 Å². The Morgan fingerprint density at radius 2 is 1.74 bits per heavy atom. The van der Waals surface area contributed by atoms with E-state index in [1.807, 2.05) is 18.2 Å². The Hall–Kier alpha value is -3.55. The maximum Gasteiger partial charge on any atom is 0.257 e. The molecule has 2 N–H and O–H groups in total. The van der Waals surface area contributed by atoms with E-state index in [1.165, 1.54) is 6.20 Å². The van der Waals surface area contributed by atoms with Crippen LogP contribution in [0.1, 0.15) is 46.2 Å². The summed E-state index contributed by atoms with van der Waals surface area (Å²) in [6, 6.07) is 15.8. The first-order valence-electron chi connectivity index (χ1n) is 11.0. The molecule has 0 bridgehead atoms. The molecule has 2 heterocycles. The van der Waals surface area contributed by atoms with E-state index >= 15 is 0 Å². The highest BCUT2D eigenvalue weighted by Gasteiger charge is 2.19. The number of benzene rings is 2. The topological polar surface area (TPSA) is 95.4 Å². The minimum atomic E-state index is -0.345. The Morgan fingerprint density at radius 1 is 1.06 bits per heavy atom. The van der Waals surface area contributed by atoms with Gasteiger partial charge in [0, 0.05) is 48.2 Å². The van der Waals surface area contributed by atoms with Crippen LogP contribution in [0, 0.1) is 5.41 Å². The van der Waals surface area contributed by atoms with Crippen molar-refractivity contribution in [3.63, 3.8) is 0 Å². The van der Waals surface area contributed by atoms with E-state index < -0.39 is 0 Å². The van der Waals surface area contributed by atoms with Crippen LogP contribution < -0.4 is 10.2 Å². The number of carbonyl (C=O) groups is 2. The highest BCUT2D eigenvalue weighted by Crippen LogP contribution is 2.24. The van der Waals surface area contributed by atoms with Crippen LogP contribution in [0.3, 0.4) is 0 Å². The summed E-state index contributed by atoms with van der Waals surface area (Å²) in [5.41, 5.74) is 3.68. The number of amides is 1. The molecule has 2 aromatic carbocycles. The number of aromatic nitrogens is 1. The third-order valence-electron chi connectivity index (χ3n) is 5.67. The monoisotopic (exact) mass is 492 g/mol. The zero-order valence-electron chi connectivity index (χ0n) is 18.8. The Bertz CT molecular complexity index is 1200. The van der Waals surface area contributed by atoms with Gasteiger partial charge in [-0.2, -0.15) is 0 Å². The summed E-state index contributed by atoms with van der Waals surface area (Å²) < 4.78 is 5.44. The van der Waals surface area contributed by atoms with Crippen LogP contribution in [0.5, 0.6) is 0 Å². The van der Waals surface area contributed by atoms with Crippen molar-refractivity contribution in [1.29, 1.82) is 5.41 Å². The van der Waals surface area contributed by atoms with Gasteiger partial charge in [-0.3, -0.25) is 9.59 Å². The fraction of sp³-hybridized carbons (Fsp3) is 0.259. The number of nitrogens with one attached hydrogen (secondary N) is 2. The number of Topliss-reactive ketones (excluding diaryl/α,β-unsaturated/α-hetero) is 1. The summed E-state index contributed by atoms with van der Waals surface area (Å²) in [6.07, 6.45) is 1.54. The Morgan fingerprint density at radius 3 is 2.37 bits per heavy atom. The standard InChI is InChI=1S/C26H25ClN4O3.CH4/c1-17(28)18-2-4-19(5-3-18)24(32)14-20-6-8-22(31-10-12-34-13-11-31)15-23(20)26(33)30-25-9-7-21(27)16-29-25;/h2-9,15-16,28H,10-14H2,1H3,(H,29,30,33);1H4. The van der Waals surface area contributed by atoms with Crippen LogP contribution in [-0.2, 0) is 11.2 Å². The third kappa shape index (κ3) is 6.53. The molecule has 0 saturated carbocycles. The average molecular weight is 493 g/mol. The van der Waals surface area contributed by atoms with Crippen LogP contribution in [0.15, 0.2) is 60.8 Å². The van der Waals surface area contributed by atoms with Crippen molar-refractivity contribution in [2.75, 3.05) is 36.5 Å². The third-order valence-corrected chi connectivity index (χ3v) is 5.90. The quantitative estimate of drug-likeness (QED) is 0.346. The van der Waals surface area contributed by atoms with Crippen molar-refractivity contribution >= 4 is 40.5 Å². The molecule has 0 unspecified atom stereocenters. The fourth-order valence-corrected chi connectivity index (χ4v) is 3.87. The van der Waals surface area contributed by atoms with Gasteiger partial charge < -0.3 is 20.4 Å². The first-order chi connectivity index (χ1) is 16.4. The van der Waals surface area contributed by atoms with Gasteiger partial charge in [-0.25, -0.2) is 4.98 Å². The first-order valence-corrected chi connectivity index (χ1v) is 11.4. The van der Waals surface area contributed by atoms with Crippen LogP contribution in [0.4, 0.5) is 11.5 Å². The molecule has 4 rings (SSSR count). The van der Waals surface area contributed by atoms with Crippen molar-refractivity contribution in [2.24, 2.45) is 0 Å². The normalized spacial score (nSPS) is 13.0. The summed E-state index contributed by atoms with van der Waals surface area (Å²) >= 11 is 5.90. The molecule has 182 valence electrons. The predicted octanol–water partition coefficient (Wildman–Crippen LogP) is 5.27. The van der Waals surface area contributed by atoms with Gasteiger partial charge in [-0.1, -0.05) is 49.4 Å². The number of carbonyl (C=O) groups excluding carboxylic acids is 2. The summed E-state index contributed by atoms with van der Waals surface area (Å²) in [4.78, 5) is 32.5. The van der Waals surface area contributed by atoms with Gasteiger partial charge in [-0.15, -0.1) is 0 Å². The zero-order valence-corrected chi connectivity index (χ0v) is 19.6. The number of hydrogen-bond acceptors (Lipinski definition) is 6. The van der Waals surface area contributed by atoms with E-state index in [1.54, 1.807) is 43.3 Å². The minimum absolute atomic E-state index is 0. The largest absolute Gasteiger partial charge is 0.378 e. The van der Waals surface area contributed by atoms with E-state index in [-0.39, 0.29) is 25.5 Å². The fourth-order valence-electron chi connectivity index (χ4n) is 3.76. The minimum Gasteiger partial charge on any atom is -0.378 e. The molecule has 1 fully saturated rings. The lowest BCUT2D eigenvalue weighted by Gasteiger charge is -2.29. The Labute approximate surface area is 210 Å².